The van der Waals surface area contributed by atoms with Crippen LogP contribution in [0.2, 0.25) is 0 Å². The molecule has 0 spiro atoms. The van der Waals surface area contributed by atoms with Crippen molar-refractivity contribution in [1.82, 2.24) is 5.32 Å². The highest BCUT2D eigenvalue weighted by molar-refractivity contribution is 8.14. The first-order chi connectivity index (χ1) is 14.5. The van der Waals surface area contributed by atoms with Crippen LogP contribution in [0.4, 0.5) is 5.69 Å². The van der Waals surface area contributed by atoms with Crippen LogP contribution in [0.5, 0.6) is 0 Å². The Morgan fingerprint density at radius 3 is 2.60 bits per heavy atom. The van der Waals surface area contributed by atoms with Crippen molar-refractivity contribution in [1.29, 1.82) is 5.26 Å². The van der Waals surface area contributed by atoms with Crippen molar-refractivity contribution in [2.24, 2.45) is 9.98 Å². The molecule has 0 amide bonds. The maximum Gasteiger partial charge on any atom is 0.183 e. The molecule has 1 aliphatic rings. The summed E-state index contributed by atoms with van der Waals surface area (Å²) in [4.78, 5) is 10.6. The summed E-state index contributed by atoms with van der Waals surface area (Å²) in [7, 11) is 0. The van der Waals surface area contributed by atoms with E-state index < -0.39 is 0 Å². The van der Waals surface area contributed by atoms with Crippen molar-refractivity contribution in [3.05, 3.63) is 71.8 Å². The third-order valence-corrected chi connectivity index (χ3v) is 6.52. The standard InChI is InChI=1S/C24H22N4S2/c1-24(2)14-21-19-7-5-4-6-16(19)8-13-20(21)22(28-24)30-18-11-9-17(10-12-18)27-23(29-3)26-15-25/h4-13H,14H2,1-3H3,(H,26,27). The van der Waals surface area contributed by atoms with E-state index in [1.807, 2.05) is 24.6 Å². The van der Waals surface area contributed by atoms with E-state index in [9.17, 15) is 0 Å². The minimum absolute atomic E-state index is 0.139. The number of hydrogen-bond donors (Lipinski definition) is 1. The first-order valence-electron chi connectivity index (χ1n) is 9.66. The number of benzene rings is 3. The van der Waals surface area contributed by atoms with Crippen LogP contribution in [0.1, 0.15) is 25.0 Å². The zero-order valence-corrected chi connectivity index (χ0v) is 18.8. The quantitative estimate of drug-likeness (QED) is 0.230. The van der Waals surface area contributed by atoms with Gasteiger partial charge in [0.15, 0.2) is 11.4 Å². The summed E-state index contributed by atoms with van der Waals surface area (Å²) in [5.74, 6) is 0. The monoisotopic (exact) mass is 430 g/mol. The molecule has 0 unspecified atom stereocenters. The van der Waals surface area contributed by atoms with Gasteiger partial charge in [0.1, 0.15) is 5.04 Å². The molecule has 1 heterocycles. The molecule has 3 aromatic rings. The third-order valence-electron chi connectivity index (χ3n) is 4.92. The molecule has 6 heteroatoms. The highest BCUT2D eigenvalue weighted by Crippen LogP contribution is 2.37. The molecule has 1 aliphatic heterocycles. The van der Waals surface area contributed by atoms with Gasteiger partial charge in [-0.1, -0.05) is 59.9 Å². The fourth-order valence-electron chi connectivity index (χ4n) is 3.60. The van der Waals surface area contributed by atoms with Crippen molar-refractivity contribution >= 4 is 50.2 Å². The second-order valence-corrected chi connectivity index (χ2v) is 9.53. The van der Waals surface area contributed by atoms with Crippen molar-refractivity contribution in [3.63, 3.8) is 0 Å². The van der Waals surface area contributed by atoms with E-state index in [0.717, 1.165) is 22.0 Å². The molecule has 0 atom stereocenters. The zero-order valence-electron chi connectivity index (χ0n) is 17.1. The van der Waals surface area contributed by atoms with Gasteiger partial charge in [-0.3, -0.25) is 10.3 Å². The Hall–Kier alpha value is -2.75. The minimum Gasteiger partial charge on any atom is -0.271 e. The van der Waals surface area contributed by atoms with Crippen LogP contribution < -0.4 is 5.32 Å². The lowest BCUT2D eigenvalue weighted by molar-refractivity contribution is 0.517. The van der Waals surface area contributed by atoms with Gasteiger partial charge in [-0.2, -0.15) is 5.26 Å². The lowest BCUT2D eigenvalue weighted by atomic mass is 9.86. The van der Waals surface area contributed by atoms with Crippen LogP contribution >= 0.6 is 23.5 Å². The van der Waals surface area contributed by atoms with Gasteiger partial charge in [0.2, 0.25) is 0 Å². The summed E-state index contributed by atoms with van der Waals surface area (Å²) in [6, 6.07) is 21.0. The maximum absolute atomic E-state index is 8.79. The second kappa shape index (κ2) is 8.55. The number of hydrogen-bond acceptors (Lipinski definition) is 5. The van der Waals surface area contributed by atoms with E-state index in [1.165, 1.54) is 33.7 Å². The van der Waals surface area contributed by atoms with Crippen LogP contribution in [0.15, 0.2) is 75.5 Å². The van der Waals surface area contributed by atoms with E-state index in [0.29, 0.717) is 5.17 Å². The molecule has 1 N–H and O–H groups in total. The Labute approximate surface area is 185 Å². The van der Waals surface area contributed by atoms with Crippen LogP contribution in [-0.2, 0) is 6.42 Å². The molecule has 150 valence electrons. The summed E-state index contributed by atoms with van der Waals surface area (Å²) in [6.07, 6.45) is 4.73. The van der Waals surface area contributed by atoms with Crippen molar-refractivity contribution in [3.8, 4) is 6.19 Å². The predicted molar refractivity (Wildman–Crippen MR) is 130 cm³/mol. The average molecular weight is 431 g/mol. The van der Waals surface area contributed by atoms with Gasteiger partial charge in [-0.25, -0.2) is 4.99 Å². The van der Waals surface area contributed by atoms with Crippen molar-refractivity contribution in [2.45, 2.75) is 30.7 Å². The Morgan fingerprint density at radius 2 is 1.87 bits per heavy atom. The van der Waals surface area contributed by atoms with E-state index in [4.69, 9.17) is 10.3 Å². The Kier molecular flexibility index (Phi) is 5.85. The second-order valence-electron chi connectivity index (χ2n) is 7.67. The normalized spacial score (nSPS) is 15.3. The van der Waals surface area contributed by atoms with Crippen LogP contribution in [-0.4, -0.2) is 22.0 Å². The molecule has 4 rings (SSSR count). The molecule has 0 aromatic heterocycles. The predicted octanol–water partition coefficient (Wildman–Crippen LogP) is 6.13. The number of amidine groups is 1. The maximum atomic E-state index is 8.79. The van der Waals surface area contributed by atoms with E-state index >= 15 is 0 Å². The third kappa shape index (κ3) is 4.38. The summed E-state index contributed by atoms with van der Waals surface area (Å²) >= 11 is 3.10. The Balaban J connectivity index is 1.66. The molecule has 0 aliphatic carbocycles. The number of fused-ring (bicyclic) bond motifs is 3. The van der Waals surface area contributed by atoms with Crippen LogP contribution in [0.3, 0.4) is 0 Å². The highest BCUT2D eigenvalue weighted by atomic mass is 32.2. The summed E-state index contributed by atoms with van der Waals surface area (Å²) in [5, 5.41) is 15.6. The molecule has 4 nitrogen and oxygen atoms in total. The van der Waals surface area contributed by atoms with Crippen molar-refractivity contribution < 1.29 is 0 Å². The van der Waals surface area contributed by atoms with Gasteiger partial charge in [-0.15, -0.1) is 0 Å². The molecule has 0 fully saturated rings. The first-order valence-corrected chi connectivity index (χ1v) is 11.7. The number of nitriles is 1. The first kappa shape index (κ1) is 20.5. The van der Waals surface area contributed by atoms with Crippen LogP contribution in [0, 0.1) is 11.5 Å². The van der Waals surface area contributed by atoms with E-state index in [1.54, 1.807) is 11.8 Å². The topological polar surface area (TPSA) is 60.5 Å². The SMILES string of the molecule is CSC(=Nc1ccc(SC2=NC(C)(C)Cc3c2ccc2ccccc32)cc1)NC#N. The summed E-state index contributed by atoms with van der Waals surface area (Å²) in [6.45, 7) is 4.39. The van der Waals surface area contributed by atoms with Gasteiger partial charge in [-0.05, 0) is 67.1 Å². The fraction of sp³-hybridized carbons (Fsp3) is 0.208. The number of thioether (sulfide) groups is 2. The van der Waals surface area contributed by atoms with Gasteiger partial charge in [0.25, 0.3) is 0 Å². The smallest absolute Gasteiger partial charge is 0.183 e. The number of rotatable bonds is 2. The van der Waals surface area contributed by atoms with E-state index in [-0.39, 0.29) is 5.54 Å². The van der Waals surface area contributed by atoms with E-state index in [2.05, 4.69) is 72.7 Å². The molecule has 0 radical (unpaired) electrons. The molecular formula is C24H22N4S2. The molecule has 0 saturated carbocycles. The minimum atomic E-state index is -0.139. The molecule has 3 aromatic carbocycles. The largest absolute Gasteiger partial charge is 0.271 e. The Morgan fingerprint density at radius 1 is 1.10 bits per heavy atom. The summed E-state index contributed by atoms with van der Waals surface area (Å²) in [5.41, 5.74) is 3.27. The van der Waals surface area contributed by atoms with Gasteiger partial charge < -0.3 is 0 Å². The van der Waals surface area contributed by atoms with Gasteiger partial charge >= 0.3 is 0 Å². The highest BCUT2D eigenvalue weighted by Gasteiger charge is 2.28. The molecule has 0 bridgehead atoms. The average Bonchev–Trinajstić information content (AvgIpc) is 2.74. The van der Waals surface area contributed by atoms with Gasteiger partial charge in [0.05, 0.1) is 11.2 Å². The molecule has 30 heavy (non-hydrogen) atoms. The lowest BCUT2D eigenvalue weighted by Gasteiger charge is -2.29. The van der Waals surface area contributed by atoms with Crippen LogP contribution in [0.25, 0.3) is 10.8 Å². The number of nitrogens with one attached hydrogen (secondary N) is 1. The van der Waals surface area contributed by atoms with Crippen molar-refractivity contribution in [2.75, 3.05) is 6.26 Å². The number of nitrogens with zero attached hydrogens (tertiary/aromatic N) is 3. The lowest BCUT2D eigenvalue weighted by Crippen LogP contribution is -2.28. The molecular weight excluding hydrogens is 408 g/mol. The molecule has 0 saturated heterocycles. The Bertz CT molecular complexity index is 1190. The number of aliphatic imine (C=N–C) groups is 2. The fourth-order valence-corrected chi connectivity index (χ4v) is 5.04. The zero-order chi connectivity index (χ0) is 21.1. The summed E-state index contributed by atoms with van der Waals surface area (Å²) < 4.78 is 0. The van der Waals surface area contributed by atoms with Gasteiger partial charge in [0, 0.05) is 10.5 Å².